The van der Waals surface area contributed by atoms with Crippen molar-refractivity contribution in [2.45, 2.75) is 44.8 Å². The molecule has 2 aromatic rings. The first-order valence-electron chi connectivity index (χ1n) is 7.87. The number of hydrogen-bond acceptors (Lipinski definition) is 3. The van der Waals surface area contributed by atoms with Crippen LogP contribution in [0.2, 0.25) is 0 Å². The number of ether oxygens (including phenoxy) is 1. The van der Waals surface area contributed by atoms with E-state index in [4.69, 9.17) is 4.74 Å². The second-order valence-corrected chi connectivity index (χ2v) is 6.68. The Labute approximate surface area is 131 Å². The third-order valence-electron chi connectivity index (χ3n) is 4.06. The van der Waals surface area contributed by atoms with E-state index in [0.29, 0.717) is 6.04 Å². The molecule has 1 aromatic heterocycles. The van der Waals surface area contributed by atoms with Crippen molar-refractivity contribution in [3.05, 3.63) is 52.2 Å². The van der Waals surface area contributed by atoms with Crippen molar-refractivity contribution in [1.82, 2.24) is 5.32 Å². The van der Waals surface area contributed by atoms with Crippen LogP contribution in [0.15, 0.2) is 41.8 Å². The molecule has 21 heavy (non-hydrogen) atoms. The molecule has 1 aromatic carbocycles. The van der Waals surface area contributed by atoms with E-state index in [1.54, 1.807) is 0 Å². The molecule has 0 spiro atoms. The molecule has 0 aliphatic carbocycles. The molecule has 0 saturated heterocycles. The minimum Gasteiger partial charge on any atom is -0.488 e. The van der Waals surface area contributed by atoms with Crippen molar-refractivity contribution in [1.29, 1.82) is 0 Å². The van der Waals surface area contributed by atoms with Gasteiger partial charge in [0.1, 0.15) is 11.9 Å². The Morgan fingerprint density at radius 3 is 2.95 bits per heavy atom. The van der Waals surface area contributed by atoms with E-state index in [9.17, 15) is 0 Å². The van der Waals surface area contributed by atoms with E-state index in [-0.39, 0.29) is 6.10 Å². The van der Waals surface area contributed by atoms with Gasteiger partial charge >= 0.3 is 0 Å². The van der Waals surface area contributed by atoms with Gasteiger partial charge in [-0.05, 0) is 48.9 Å². The Kier molecular flexibility index (Phi) is 4.94. The number of fused-ring (bicyclic) bond motifs is 1. The molecule has 3 rings (SSSR count). The average Bonchev–Trinajstić information content (AvgIpc) is 3.16. The second kappa shape index (κ2) is 7.10. The van der Waals surface area contributed by atoms with Gasteiger partial charge in [-0.3, -0.25) is 0 Å². The summed E-state index contributed by atoms with van der Waals surface area (Å²) in [5.74, 6) is 1.07. The smallest absolute Gasteiger partial charge is 0.123 e. The van der Waals surface area contributed by atoms with Gasteiger partial charge in [0.2, 0.25) is 0 Å². The number of para-hydroxylation sites is 1. The Hall–Kier alpha value is -1.32. The molecule has 1 aliphatic heterocycles. The molecule has 0 fully saturated rings. The van der Waals surface area contributed by atoms with E-state index < -0.39 is 0 Å². The SMILES string of the molecule is CCCNC(CCc1cccs1)C1Cc2ccccc2O1. The highest BCUT2D eigenvalue weighted by Crippen LogP contribution is 2.30. The third kappa shape index (κ3) is 3.66. The molecule has 0 saturated carbocycles. The van der Waals surface area contributed by atoms with Crippen LogP contribution in [0.1, 0.15) is 30.2 Å². The molecular formula is C18H23NOS. The molecule has 0 bridgehead atoms. The predicted octanol–water partition coefficient (Wildman–Crippen LogP) is 4.05. The summed E-state index contributed by atoms with van der Waals surface area (Å²) >= 11 is 1.85. The molecule has 2 heterocycles. The number of hydrogen-bond donors (Lipinski definition) is 1. The minimum absolute atomic E-state index is 0.272. The molecule has 1 N–H and O–H groups in total. The zero-order valence-electron chi connectivity index (χ0n) is 12.5. The highest BCUT2D eigenvalue weighted by Gasteiger charge is 2.29. The largest absolute Gasteiger partial charge is 0.488 e. The van der Waals surface area contributed by atoms with Crippen molar-refractivity contribution < 1.29 is 4.74 Å². The Morgan fingerprint density at radius 1 is 1.29 bits per heavy atom. The van der Waals surface area contributed by atoms with E-state index in [0.717, 1.165) is 38.0 Å². The van der Waals surface area contributed by atoms with Crippen LogP contribution in [0.5, 0.6) is 5.75 Å². The van der Waals surface area contributed by atoms with Crippen molar-refractivity contribution >= 4 is 11.3 Å². The van der Waals surface area contributed by atoms with Gasteiger partial charge in [-0.25, -0.2) is 0 Å². The molecule has 2 atom stereocenters. The van der Waals surface area contributed by atoms with Crippen LogP contribution in [-0.2, 0) is 12.8 Å². The highest BCUT2D eigenvalue weighted by molar-refractivity contribution is 7.09. The summed E-state index contributed by atoms with van der Waals surface area (Å²) in [5, 5.41) is 5.85. The molecule has 0 radical (unpaired) electrons. The topological polar surface area (TPSA) is 21.3 Å². The Balaban J connectivity index is 1.62. The summed E-state index contributed by atoms with van der Waals surface area (Å²) in [6.45, 7) is 3.28. The van der Waals surface area contributed by atoms with Crippen LogP contribution in [0, 0.1) is 0 Å². The molecular weight excluding hydrogens is 278 g/mol. The molecule has 0 amide bonds. The summed E-state index contributed by atoms with van der Waals surface area (Å²) in [5.41, 5.74) is 1.35. The van der Waals surface area contributed by atoms with Crippen molar-refractivity contribution in [3.63, 3.8) is 0 Å². The minimum atomic E-state index is 0.272. The normalized spacial score (nSPS) is 18.2. The zero-order valence-corrected chi connectivity index (χ0v) is 13.4. The van der Waals surface area contributed by atoms with Gasteiger partial charge in [-0.15, -0.1) is 11.3 Å². The number of rotatable bonds is 7. The van der Waals surface area contributed by atoms with Crippen molar-refractivity contribution in [2.24, 2.45) is 0 Å². The van der Waals surface area contributed by atoms with Crippen molar-refractivity contribution in [2.75, 3.05) is 6.54 Å². The van der Waals surface area contributed by atoms with Crippen LogP contribution in [0.25, 0.3) is 0 Å². The van der Waals surface area contributed by atoms with Gasteiger partial charge in [0.15, 0.2) is 0 Å². The summed E-state index contributed by atoms with van der Waals surface area (Å²) in [6.07, 6.45) is 4.74. The first kappa shape index (κ1) is 14.6. The van der Waals surface area contributed by atoms with Crippen LogP contribution in [0.3, 0.4) is 0 Å². The molecule has 112 valence electrons. The lowest BCUT2D eigenvalue weighted by Crippen LogP contribution is -2.43. The summed E-state index contributed by atoms with van der Waals surface area (Å²) in [7, 11) is 0. The molecule has 2 nitrogen and oxygen atoms in total. The first-order chi connectivity index (χ1) is 10.4. The number of thiophene rings is 1. The van der Waals surface area contributed by atoms with Gasteiger partial charge in [0, 0.05) is 17.3 Å². The van der Waals surface area contributed by atoms with Crippen LogP contribution in [0.4, 0.5) is 0 Å². The fourth-order valence-corrected chi connectivity index (χ4v) is 3.66. The number of aryl methyl sites for hydroxylation is 1. The van der Waals surface area contributed by atoms with Gasteiger partial charge < -0.3 is 10.1 Å². The lowest BCUT2D eigenvalue weighted by molar-refractivity contribution is 0.172. The molecule has 1 aliphatic rings. The van der Waals surface area contributed by atoms with Crippen LogP contribution < -0.4 is 10.1 Å². The van der Waals surface area contributed by atoms with Crippen LogP contribution >= 0.6 is 11.3 Å². The Morgan fingerprint density at radius 2 is 2.19 bits per heavy atom. The van der Waals surface area contributed by atoms with E-state index in [1.165, 1.54) is 10.4 Å². The fourth-order valence-electron chi connectivity index (χ4n) is 2.94. The zero-order chi connectivity index (χ0) is 14.5. The lowest BCUT2D eigenvalue weighted by Gasteiger charge is -2.24. The van der Waals surface area contributed by atoms with Gasteiger partial charge in [-0.1, -0.05) is 31.2 Å². The van der Waals surface area contributed by atoms with E-state index >= 15 is 0 Å². The Bertz CT molecular complexity index is 527. The maximum absolute atomic E-state index is 6.18. The van der Waals surface area contributed by atoms with Crippen LogP contribution in [-0.4, -0.2) is 18.7 Å². The van der Waals surface area contributed by atoms with Gasteiger partial charge in [0.25, 0.3) is 0 Å². The maximum atomic E-state index is 6.18. The number of nitrogens with one attached hydrogen (secondary N) is 1. The fraction of sp³-hybridized carbons (Fsp3) is 0.444. The first-order valence-corrected chi connectivity index (χ1v) is 8.75. The van der Waals surface area contributed by atoms with Gasteiger partial charge in [-0.2, -0.15) is 0 Å². The van der Waals surface area contributed by atoms with Crippen molar-refractivity contribution in [3.8, 4) is 5.75 Å². The number of benzene rings is 1. The van der Waals surface area contributed by atoms with Gasteiger partial charge in [0.05, 0.1) is 0 Å². The lowest BCUT2D eigenvalue weighted by atomic mass is 10.00. The quantitative estimate of drug-likeness (QED) is 0.833. The summed E-state index contributed by atoms with van der Waals surface area (Å²) in [4.78, 5) is 1.47. The van der Waals surface area contributed by atoms with E-state index in [2.05, 4.69) is 54.0 Å². The standard InChI is InChI=1S/C18H23NOS/c1-2-11-19-16(10-9-15-7-5-12-21-15)18-13-14-6-3-4-8-17(14)20-18/h3-8,12,16,18-19H,2,9-11,13H2,1H3. The van der Waals surface area contributed by atoms with E-state index in [1.807, 2.05) is 11.3 Å². The molecule has 3 heteroatoms. The summed E-state index contributed by atoms with van der Waals surface area (Å²) in [6, 6.07) is 13.2. The molecule has 2 unspecified atom stereocenters. The monoisotopic (exact) mass is 301 g/mol. The second-order valence-electron chi connectivity index (χ2n) is 5.65. The predicted molar refractivity (Wildman–Crippen MR) is 89.3 cm³/mol. The maximum Gasteiger partial charge on any atom is 0.123 e. The summed E-state index contributed by atoms with van der Waals surface area (Å²) < 4.78 is 6.18. The highest BCUT2D eigenvalue weighted by atomic mass is 32.1. The third-order valence-corrected chi connectivity index (χ3v) is 5.00. The average molecular weight is 301 g/mol.